The van der Waals surface area contributed by atoms with Gasteiger partial charge >= 0.3 is 5.97 Å². The van der Waals surface area contributed by atoms with Crippen LogP contribution in [0, 0.1) is 5.92 Å². The molecule has 1 fully saturated rings. The predicted octanol–water partition coefficient (Wildman–Crippen LogP) is 0.174. The van der Waals surface area contributed by atoms with E-state index in [1.54, 1.807) is 0 Å². The Morgan fingerprint density at radius 3 is 2.77 bits per heavy atom. The summed E-state index contributed by atoms with van der Waals surface area (Å²) in [6, 6.07) is 0. The van der Waals surface area contributed by atoms with Crippen LogP contribution in [0.25, 0.3) is 0 Å². The summed E-state index contributed by atoms with van der Waals surface area (Å²) in [6.07, 6.45) is 2.37. The largest absolute Gasteiger partial charge is 0.467 e. The second-order valence-corrected chi connectivity index (χ2v) is 3.40. The molecule has 0 spiro atoms. The van der Waals surface area contributed by atoms with E-state index < -0.39 is 0 Å². The molecule has 0 aliphatic heterocycles. The number of nitrogens with one attached hydrogen (secondary N) is 1. The van der Waals surface area contributed by atoms with Gasteiger partial charge in [-0.05, 0) is 32.4 Å². The van der Waals surface area contributed by atoms with Crippen LogP contribution in [0.1, 0.15) is 12.8 Å². The van der Waals surface area contributed by atoms with Gasteiger partial charge < -0.3 is 14.8 Å². The zero-order chi connectivity index (χ0) is 9.68. The second-order valence-electron chi connectivity index (χ2n) is 3.40. The number of carbonyl (C=O) groups excluding carboxylic acids is 1. The van der Waals surface area contributed by atoms with Crippen molar-refractivity contribution in [1.29, 1.82) is 0 Å². The van der Waals surface area contributed by atoms with Crippen molar-refractivity contribution in [3.05, 3.63) is 0 Å². The Balaban J connectivity index is 1.98. The van der Waals surface area contributed by atoms with Crippen molar-refractivity contribution in [3.8, 4) is 0 Å². The molecule has 13 heavy (non-hydrogen) atoms. The van der Waals surface area contributed by atoms with Crippen LogP contribution in [-0.2, 0) is 14.3 Å². The van der Waals surface area contributed by atoms with Crippen LogP contribution in [0.4, 0.5) is 0 Å². The summed E-state index contributed by atoms with van der Waals surface area (Å²) >= 11 is 0. The SMILES string of the molecule is CNCC1CC(OCC(=O)OC)C1. The summed E-state index contributed by atoms with van der Waals surface area (Å²) in [5.74, 6) is 0.421. The molecular weight excluding hydrogens is 170 g/mol. The molecule has 1 aliphatic rings. The molecule has 0 amide bonds. The van der Waals surface area contributed by atoms with Crippen LogP contribution >= 0.6 is 0 Å². The number of carbonyl (C=O) groups is 1. The van der Waals surface area contributed by atoms with E-state index in [0.29, 0.717) is 5.92 Å². The standard InChI is InChI=1S/C9H17NO3/c1-10-5-7-3-8(4-7)13-6-9(11)12-2/h7-8,10H,3-6H2,1-2H3. The van der Waals surface area contributed by atoms with Gasteiger partial charge in [0, 0.05) is 0 Å². The fourth-order valence-electron chi connectivity index (χ4n) is 1.51. The average Bonchev–Trinajstić information content (AvgIpc) is 2.08. The number of hydrogen-bond donors (Lipinski definition) is 1. The highest BCUT2D eigenvalue weighted by Crippen LogP contribution is 2.29. The van der Waals surface area contributed by atoms with Crippen molar-refractivity contribution in [2.45, 2.75) is 18.9 Å². The maximum atomic E-state index is 10.7. The highest BCUT2D eigenvalue weighted by molar-refractivity contribution is 5.70. The van der Waals surface area contributed by atoms with Gasteiger partial charge in [-0.25, -0.2) is 4.79 Å². The molecule has 0 unspecified atom stereocenters. The molecule has 76 valence electrons. The van der Waals surface area contributed by atoms with E-state index in [9.17, 15) is 4.79 Å². The minimum absolute atomic E-state index is 0.0907. The van der Waals surface area contributed by atoms with Crippen LogP contribution < -0.4 is 5.32 Å². The molecule has 0 aromatic heterocycles. The highest BCUT2D eigenvalue weighted by atomic mass is 16.6. The molecule has 0 aromatic rings. The lowest BCUT2D eigenvalue weighted by Gasteiger charge is -2.34. The maximum Gasteiger partial charge on any atom is 0.331 e. The molecule has 0 heterocycles. The van der Waals surface area contributed by atoms with E-state index in [4.69, 9.17) is 4.74 Å². The molecule has 1 aliphatic carbocycles. The van der Waals surface area contributed by atoms with Gasteiger partial charge in [-0.1, -0.05) is 0 Å². The first-order chi connectivity index (χ1) is 6.26. The van der Waals surface area contributed by atoms with Crippen LogP contribution in [0.3, 0.4) is 0 Å². The lowest BCUT2D eigenvalue weighted by molar-refractivity contribution is -0.151. The van der Waals surface area contributed by atoms with Gasteiger partial charge in [-0.2, -0.15) is 0 Å². The summed E-state index contributed by atoms with van der Waals surface area (Å²) in [5, 5.41) is 3.12. The van der Waals surface area contributed by atoms with Crippen LogP contribution in [0.2, 0.25) is 0 Å². The van der Waals surface area contributed by atoms with Crippen molar-refractivity contribution in [1.82, 2.24) is 5.32 Å². The Bertz CT molecular complexity index is 166. The Hall–Kier alpha value is -0.610. The van der Waals surface area contributed by atoms with E-state index in [-0.39, 0.29) is 18.7 Å². The van der Waals surface area contributed by atoms with Crippen molar-refractivity contribution in [3.63, 3.8) is 0 Å². The molecule has 4 nitrogen and oxygen atoms in total. The third kappa shape index (κ3) is 3.32. The smallest absolute Gasteiger partial charge is 0.331 e. The number of ether oxygens (including phenoxy) is 2. The number of methoxy groups -OCH3 is 1. The second kappa shape index (κ2) is 5.19. The molecule has 1 rings (SSSR count). The summed E-state index contributed by atoms with van der Waals surface area (Å²) < 4.78 is 9.77. The predicted molar refractivity (Wildman–Crippen MR) is 48.4 cm³/mol. The molecule has 1 saturated carbocycles. The van der Waals surface area contributed by atoms with Gasteiger partial charge in [0.2, 0.25) is 0 Å². The summed E-state index contributed by atoms with van der Waals surface area (Å²) in [5.41, 5.74) is 0. The Kier molecular flexibility index (Phi) is 4.18. The zero-order valence-electron chi connectivity index (χ0n) is 8.21. The Morgan fingerprint density at radius 1 is 1.54 bits per heavy atom. The third-order valence-electron chi connectivity index (χ3n) is 2.35. The van der Waals surface area contributed by atoms with Crippen molar-refractivity contribution in [2.75, 3.05) is 27.3 Å². The number of hydrogen-bond acceptors (Lipinski definition) is 4. The minimum atomic E-state index is -0.294. The lowest BCUT2D eigenvalue weighted by atomic mass is 9.82. The molecular formula is C9H17NO3. The van der Waals surface area contributed by atoms with Crippen molar-refractivity contribution < 1.29 is 14.3 Å². The average molecular weight is 187 g/mol. The first-order valence-corrected chi connectivity index (χ1v) is 4.59. The van der Waals surface area contributed by atoms with Crippen LogP contribution in [-0.4, -0.2) is 39.4 Å². The zero-order valence-corrected chi connectivity index (χ0v) is 8.21. The van der Waals surface area contributed by atoms with E-state index in [0.717, 1.165) is 19.4 Å². The van der Waals surface area contributed by atoms with Gasteiger partial charge in [0.1, 0.15) is 6.61 Å². The fraction of sp³-hybridized carbons (Fsp3) is 0.889. The maximum absolute atomic E-state index is 10.7. The highest BCUT2D eigenvalue weighted by Gasteiger charge is 2.29. The number of esters is 1. The van der Waals surface area contributed by atoms with Crippen LogP contribution in [0.5, 0.6) is 0 Å². The summed E-state index contributed by atoms with van der Waals surface area (Å²) in [6.45, 7) is 1.13. The molecule has 4 heteroatoms. The lowest BCUT2D eigenvalue weighted by Crippen LogP contribution is -2.37. The monoisotopic (exact) mass is 187 g/mol. The van der Waals surface area contributed by atoms with Gasteiger partial charge in [0.25, 0.3) is 0 Å². The van der Waals surface area contributed by atoms with E-state index in [2.05, 4.69) is 10.1 Å². The summed E-state index contributed by atoms with van der Waals surface area (Å²) in [7, 11) is 3.32. The Morgan fingerprint density at radius 2 is 2.23 bits per heavy atom. The molecule has 0 radical (unpaired) electrons. The van der Waals surface area contributed by atoms with Gasteiger partial charge in [0.05, 0.1) is 13.2 Å². The minimum Gasteiger partial charge on any atom is -0.467 e. The molecule has 0 atom stereocenters. The van der Waals surface area contributed by atoms with E-state index in [1.165, 1.54) is 7.11 Å². The van der Waals surface area contributed by atoms with E-state index in [1.807, 2.05) is 7.05 Å². The van der Waals surface area contributed by atoms with Gasteiger partial charge in [-0.15, -0.1) is 0 Å². The molecule has 0 aromatic carbocycles. The topological polar surface area (TPSA) is 47.6 Å². The summed E-state index contributed by atoms with van der Waals surface area (Å²) in [4.78, 5) is 10.7. The van der Waals surface area contributed by atoms with E-state index >= 15 is 0 Å². The third-order valence-corrected chi connectivity index (χ3v) is 2.35. The quantitative estimate of drug-likeness (QED) is 0.623. The van der Waals surface area contributed by atoms with Crippen LogP contribution in [0.15, 0.2) is 0 Å². The molecule has 0 saturated heterocycles. The Labute approximate surface area is 78.6 Å². The normalized spacial score (nSPS) is 26.6. The first-order valence-electron chi connectivity index (χ1n) is 4.59. The number of rotatable bonds is 5. The van der Waals surface area contributed by atoms with Gasteiger partial charge in [-0.3, -0.25) is 0 Å². The fourth-order valence-corrected chi connectivity index (χ4v) is 1.51. The van der Waals surface area contributed by atoms with Gasteiger partial charge in [0.15, 0.2) is 0 Å². The van der Waals surface area contributed by atoms with Crippen molar-refractivity contribution in [2.24, 2.45) is 5.92 Å². The first kappa shape index (κ1) is 10.5. The molecule has 0 bridgehead atoms. The van der Waals surface area contributed by atoms with Crippen molar-refractivity contribution >= 4 is 5.97 Å². The molecule has 1 N–H and O–H groups in total.